The molecule has 0 saturated carbocycles. The van der Waals surface area contributed by atoms with Gasteiger partial charge in [0.05, 0.1) is 27.6 Å². The molecule has 7 nitrogen and oxygen atoms in total. The van der Waals surface area contributed by atoms with Crippen molar-refractivity contribution in [2.45, 2.75) is 11.1 Å². The Kier molecular flexibility index (Phi) is 8.04. The summed E-state index contributed by atoms with van der Waals surface area (Å²) in [6.45, 7) is -0.597. The first-order chi connectivity index (χ1) is 16.4. The normalized spacial score (nSPS) is 11.6. The Hall–Kier alpha value is -3.15. The smallest absolute Gasteiger partial charge is 0.417 e. The second kappa shape index (κ2) is 10.6. The molecule has 35 heavy (non-hydrogen) atoms. The van der Waals surface area contributed by atoms with E-state index in [0.717, 1.165) is 12.1 Å². The molecule has 1 amide bonds. The van der Waals surface area contributed by atoms with Crippen molar-refractivity contribution in [3.63, 3.8) is 0 Å². The number of carbonyl (C=O) groups is 1. The van der Waals surface area contributed by atoms with Crippen LogP contribution < -0.4 is 19.5 Å². The van der Waals surface area contributed by atoms with E-state index in [1.807, 2.05) is 0 Å². The third-order valence-corrected chi connectivity index (χ3v) is 6.47. The predicted molar refractivity (Wildman–Crippen MR) is 126 cm³/mol. The molecule has 0 aliphatic heterocycles. The van der Waals surface area contributed by atoms with Crippen molar-refractivity contribution in [3.05, 3.63) is 76.3 Å². The molecular weight excluding hydrogens is 532 g/mol. The molecule has 13 heteroatoms. The SMILES string of the molecule is COc1ccc(NS(=O)(=O)c2ccc(OCC(=O)Nc3ccc(Cl)c(C(F)(F)F)c3)c(Cl)c2)cc1. The Bertz CT molecular complexity index is 1330. The monoisotopic (exact) mass is 548 g/mol. The van der Waals surface area contributed by atoms with Crippen LogP contribution in [0.3, 0.4) is 0 Å². The third kappa shape index (κ3) is 6.93. The summed E-state index contributed by atoms with van der Waals surface area (Å²) in [6.07, 6.45) is -4.69. The van der Waals surface area contributed by atoms with E-state index in [1.165, 1.54) is 37.4 Å². The van der Waals surface area contributed by atoms with E-state index in [-0.39, 0.29) is 21.4 Å². The number of nitrogens with one attached hydrogen (secondary N) is 2. The van der Waals surface area contributed by atoms with Gasteiger partial charge in [-0.2, -0.15) is 13.2 Å². The van der Waals surface area contributed by atoms with Gasteiger partial charge in [-0.1, -0.05) is 23.2 Å². The van der Waals surface area contributed by atoms with Crippen LogP contribution in [0.15, 0.2) is 65.6 Å². The zero-order valence-corrected chi connectivity index (χ0v) is 20.1. The third-order valence-electron chi connectivity index (χ3n) is 4.47. The van der Waals surface area contributed by atoms with Crippen LogP contribution >= 0.6 is 23.2 Å². The average molecular weight is 549 g/mol. The number of carbonyl (C=O) groups excluding carboxylic acids is 1. The number of ether oxygens (including phenoxy) is 2. The highest BCUT2D eigenvalue weighted by Crippen LogP contribution is 2.36. The fraction of sp³-hybridized carbons (Fsp3) is 0.136. The molecule has 0 aliphatic rings. The number of methoxy groups -OCH3 is 1. The number of halogens is 5. The van der Waals surface area contributed by atoms with Gasteiger partial charge in [0.25, 0.3) is 15.9 Å². The number of hydrogen-bond acceptors (Lipinski definition) is 5. The number of anilines is 2. The highest BCUT2D eigenvalue weighted by atomic mass is 35.5. The molecule has 0 radical (unpaired) electrons. The van der Waals surface area contributed by atoms with Crippen LogP contribution in [0.1, 0.15) is 5.56 Å². The van der Waals surface area contributed by atoms with Gasteiger partial charge in [-0.25, -0.2) is 8.42 Å². The lowest BCUT2D eigenvalue weighted by atomic mass is 10.2. The van der Waals surface area contributed by atoms with Crippen molar-refractivity contribution in [2.75, 3.05) is 23.8 Å². The molecule has 3 aromatic carbocycles. The number of sulfonamides is 1. The van der Waals surface area contributed by atoms with E-state index in [1.54, 1.807) is 12.1 Å². The summed E-state index contributed by atoms with van der Waals surface area (Å²) in [7, 11) is -2.49. The van der Waals surface area contributed by atoms with Gasteiger partial charge in [0, 0.05) is 11.4 Å². The number of benzene rings is 3. The Balaban J connectivity index is 1.64. The van der Waals surface area contributed by atoms with E-state index in [4.69, 9.17) is 32.7 Å². The fourth-order valence-corrected chi connectivity index (χ4v) is 4.41. The van der Waals surface area contributed by atoms with Gasteiger partial charge < -0.3 is 14.8 Å². The standard InChI is InChI=1S/C22H17Cl2F3N2O5S/c1-33-15-5-2-13(3-6-15)29-35(31,32)16-7-9-20(19(24)11-16)34-12-21(30)28-14-4-8-18(23)17(10-14)22(25,26)27/h2-11,29H,12H2,1H3,(H,28,30). The lowest BCUT2D eigenvalue weighted by molar-refractivity contribution is -0.137. The van der Waals surface area contributed by atoms with Crippen molar-refractivity contribution in [3.8, 4) is 11.5 Å². The van der Waals surface area contributed by atoms with Crippen LogP contribution in [0, 0.1) is 0 Å². The molecule has 0 aromatic heterocycles. The first kappa shape index (κ1) is 26.5. The Labute approximate surface area is 208 Å². The molecule has 3 rings (SSSR count). The van der Waals surface area contributed by atoms with E-state index < -0.39 is 39.3 Å². The molecule has 2 N–H and O–H groups in total. The zero-order valence-electron chi connectivity index (χ0n) is 17.8. The lowest BCUT2D eigenvalue weighted by Gasteiger charge is -2.13. The van der Waals surface area contributed by atoms with Gasteiger partial charge in [-0.05, 0) is 60.7 Å². The van der Waals surface area contributed by atoms with Crippen LogP contribution in [0.5, 0.6) is 11.5 Å². The van der Waals surface area contributed by atoms with Crippen molar-refractivity contribution in [1.82, 2.24) is 0 Å². The maximum Gasteiger partial charge on any atom is 0.417 e. The topological polar surface area (TPSA) is 93.7 Å². The summed E-state index contributed by atoms with van der Waals surface area (Å²) >= 11 is 11.7. The average Bonchev–Trinajstić information content (AvgIpc) is 2.79. The highest BCUT2D eigenvalue weighted by molar-refractivity contribution is 7.92. The van der Waals surface area contributed by atoms with E-state index >= 15 is 0 Å². The summed E-state index contributed by atoms with van der Waals surface area (Å²) in [6, 6.07) is 12.7. The van der Waals surface area contributed by atoms with Crippen molar-refractivity contribution >= 4 is 50.5 Å². The van der Waals surface area contributed by atoms with Crippen molar-refractivity contribution in [2.24, 2.45) is 0 Å². The maximum atomic E-state index is 13.0. The number of hydrogen-bond donors (Lipinski definition) is 2. The minimum atomic E-state index is -4.69. The maximum absolute atomic E-state index is 13.0. The molecule has 3 aromatic rings. The van der Waals surface area contributed by atoms with E-state index in [2.05, 4.69) is 10.0 Å². The molecule has 0 saturated heterocycles. The quantitative estimate of drug-likeness (QED) is 0.369. The first-order valence-corrected chi connectivity index (χ1v) is 11.9. The molecule has 0 heterocycles. The largest absolute Gasteiger partial charge is 0.497 e. The molecule has 0 unspecified atom stereocenters. The molecule has 0 bridgehead atoms. The minimum absolute atomic E-state index is 0.00250. The van der Waals surface area contributed by atoms with Crippen LogP contribution in [0.2, 0.25) is 10.0 Å². The Morgan fingerprint density at radius 1 is 0.943 bits per heavy atom. The summed E-state index contributed by atoms with van der Waals surface area (Å²) in [5, 5.41) is 1.66. The minimum Gasteiger partial charge on any atom is -0.497 e. The fourth-order valence-electron chi connectivity index (χ4n) is 2.80. The lowest BCUT2D eigenvalue weighted by Crippen LogP contribution is -2.20. The van der Waals surface area contributed by atoms with Gasteiger partial charge in [0.15, 0.2) is 6.61 Å². The van der Waals surface area contributed by atoms with E-state index in [0.29, 0.717) is 17.5 Å². The van der Waals surface area contributed by atoms with Gasteiger partial charge in [-0.3, -0.25) is 9.52 Å². The van der Waals surface area contributed by atoms with Crippen molar-refractivity contribution in [1.29, 1.82) is 0 Å². The summed E-state index contributed by atoms with van der Waals surface area (Å²) < 4.78 is 76.8. The Morgan fingerprint density at radius 2 is 1.60 bits per heavy atom. The van der Waals surface area contributed by atoms with Gasteiger partial charge in [0.2, 0.25) is 0 Å². The molecule has 0 aliphatic carbocycles. The van der Waals surface area contributed by atoms with Gasteiger partial charge in [-0.15, -0.1) is 0 Å². The van der Waals surface area contributed by atoms with E-state index in [9.17, 15) is 26.4 Å². The number of alkyl halides is 3. The number of amides is 1. The predicted octanol–water partition coefficient (Wildman–Crippen LogP) is 5.84. The van der Waals surface area contributed by atoms with Crippen LogP contribution in [-0.2, 0) is 21.0 Å². The second-order valence-corrected chi connectivity index (χ2v) is 9.45. The first-order valence-electron chi connectivity index (χ1n) is 9.65. The van der Waals surface area contributed by atoms with Crippen LogP contribution in [-0.4, -0.2) is 28.0 Å². The summed E-state index contributed by atoms with van der Waals surface area (Å²) in [4.78, 5) is 12.0. The summed E-state index contributed by atoms with van der Waals surface area (Å²) in [5.41, 5.74) is -0.928. The zero-order chi connectivity index (χ0) is 25.8. The number of rotatable bonds is 8. The molecular formula is C22H17Cl2F3N2O5S. The Morgan fingerprint density at radius 3 is 2.20 bits per heavy atom. The molecule has 0 atom stereocenters. The second-order valence-electron chi connectivity index (χ2n) is 6.96. The van der Waals surface area contributed by atoms with Gasteiger partial charge >= 0.3 is 6.18 Å². The van der Waals surface area contributed by atoms with Gasteiger partial charge in [0.1, 0.15) is 11.5 Å². The molecule has 186 valence electrons. The summed E-state index contributed by atoms with van der Waals surface area (Å²) in [5.74, 6) is -0.218. The molecule has 0 spiro atoms. The van der Waals surface area contributed by atoms with Crippen LogP contribution in [0.4, 0.5) is 24.5 Å². The van der Waals surface area contributed by atoms with Crippen molar-refractivity contribution < 1.29 is 35.9 Å². The highest BCUT2D eigenvalue weighted by Gasteiger charge is 2.33. The molecule has 0 fully saturated rings. The van der Waals surface area contributed by atoms with Crippen LogP contribution in [0.25, 0.3) is 0 Å².